The van der Waals surface area contributed by atoms with E-state index in [-0.39, 0.29) is 36.8 Å². The minimum atomic E-state index is -0.760. The minimum Gasteiger partial charge on any atom is -0.370 e. The van der Waals surface area contributed by atoms with Gasteiger partial charge in [0, 0.05) is 37.7 Å². The average molecular weight is 345 g/mol. The van der Waals surface area contributed by atoms with Crippen molar-refractivity contribution in [2.24, 2.45) is 5.92 Å². The smallest absolute Gasteiger partial charge is 0.258 e. The minimum absolute atomic E-state index is 0.0130. The first-order valence-corrected chi connectivity index (χ1v) is 8.15. The number of hydrogen-bond donors (Lipinski definition) is 1. The summed E-state index contributed by atoms with van der Waals surface area (Å²) in [5.74, 6) is -2.07. The Labute approximate surface area is 142 Å². The van der Waals surface area contributed by atoms with Crippen molar-refractivity contribution in [2.45, 2.75) is 25.4 Å². The number of halogens is 1. The SMILES string of the molecule is O=CC1CN(c2cc(F)c3c(c2)CN([C@H]2CCC(=O)NC2=O)C3=O)C1. The van der Waals surface area contributed by atoms with Crippen LogP contribution in [0.1, 0.15) is 28.8 Å². The first-order valence-electron chi connectivity index (χ1n) is 8.15. The Bertz CT molecular complexity index is 803. The molecule has 4 rings (SSSR count). The van der Waals surface area contributed by atoms with Crippen molar-refractivity contribution in [2.75, 3.05) is 18.0 Å². The number of aldehydes is 1. The number of carbonyl (C=O) groups excluding carboxylic acids is 4. The summed E-state index contributed by atoms with van der Waals surface area (Å²) in [7, 11) is 0. The highest BCUT2D eigenvalue weighted by Gasteiger charge is 2.41. The summed E-state index contributed by atoms with van der Waals surface area (Å²) in [6, 6.07) is 2.28. The highest BCUT2D eigenvalue weighted by molar-refractivity contribution is 6.05. The summed E-state index contributed by atoms with van der Waals surface area (Å²) in [5, 5.41) is 2.22. The van der Waals surface area contributed by atoms with Gasteiger partial charge in [-0.3, -0.25) is 19.7 Å². The monoisotopic (exact) mass is 345 g/mol. The molecule has 1 atom stereocenters. The Morgan fingerprint density at radius 3 is 2.64 bits per heavy atom. The second-order valence-corrected chi connectivity index (χ2v) is 6.66. The van der Waals surface area contributed by atoms with Gasteiger partial charge >= 0.3 is 0 Å². The zero-order valence-electron chi connectivity index (χ0n) is 13.3. The number of benzene rings is 1. The van der Waals surface area contributed by atoms with Crippen LogP contribution in [0.3, 0.4) is 0 Å². The van der Waals surface area contributed by atoms with Crippen LogP contribution in [0.2, 0.25) is 0 Å². The fourth-order valence-electron chi connectivity index (χ4n) is 3.63. The molecule has 0 aliphatic carbocycles. The lowest BCUT2D eigenvalue weighted by Crippen LogP contribution is -2.52. The molecule has 0 radical (unpaired) electrons. The molecule has 3 aliphatic rings. The molecular weight excluding hydrogens is 329 g/mol. The number of nitrogens with one attached hydrogen (secondary N) is 1. The number of anilines is 1. The lowest BCUT2D eigenvalue weighted by molar-refractivity contribution is -0.136. The van der Waals surface area contributed by atoms with E-state index < -0.39 is 23.7 Å². The van der Waals surface area contributed by atoms with Gasteiger partial charge in [-0.25, -0.2) is 4.39 Å². The molecule has 8 heteroatoms. The number of carbonyl (C=O) groups is 4. The van der Waals surface area contributed by atoms with E-state index in [0.717, 1.165) is 6.29 Å². The van der Waals surface area contributed by atoms with Gasteiger partial charge in [-0.15, -0.1) is 0 Å². The molecule has 0 unspecified atom stereocenters. The number of amides is 3. The molecule has 3 amide bonds. The van der Waals surface area contributed by atoms with Gasteiger partial charge in [0.05, 0.1) is 5.56 Å². The molecule has 2 fully saturated rings. The third-order valence-corrected chi connectivity index (χ3v) is 5.03. The van der Waals surface area contributed by atoms with Crippen molar-refractivity contribution in [3.8, 4) is 0 Å². The van der Waals surface area contributed by atoms with Gasteiger partial charge in [0.1, 0.15) is 18.1 Å². The van der Waals surface area contributed by atoms with E-state index >= 15 is 0 Å². The van der Waals surface area contributed by atoms with E-state index in [2.05, 4.69) is 5.32 Å². The summed E-state index contributed by atoms with van der Waals surface area (Å²) >= 11 is 0. The van der Waals surface area contributed by atoms with E-state index in [1.54, 1.807) is 6.07 Å². The van der Waals surface area contributed by atoms with Gasteiger partial charge in [-0.05, 0) is 24.1 Å². The van der Waals surface area contributed by atoms with Gasteiger partial charge < -0.3 is 14.6 Å². The Balaban J connectivity index is 1.59. The second kappa shape index (κ2) is 5.65. The molecule has 3 aliphatic heterocycles. The first kappa shape index (κ1) is 15.7. The molecule has 0 bridgehead atoms. The van der Waals surface area contributed by atoms with E-state index in [4.69, 9.17) is 0 Å². The zero-order chi connectivity index (χ0) is 17.7. The number of imide groups is 1. The Kier molecular flexibility index (Phi) is 3.55. The van der Waals surface area contributed by atoms with Crippen molar-refractivity contribution >= 4 is 29.7 Å². The van der Waals surface area contributed by atoms with Crippen molar-refractivity contribution < 1.29 is 23.6 Å². The summed E-state index contributed by atoms with van der Waals surface area (Å²) in [4.78, 5) is 49.8. The largest absolute Gasteiger partial charge is 0.370 e. The molecule has 1 aromatic carbocycles. The fourth-order valence-corrected chi connectivity index (χ4v) is 3.63. The zero-order valence-corrected chi connectivity index (χ0v) is 13.3. The molecule has 1 aromatic rings. The third-order valence-electron chi connectivity index (χ3n) is 5.03. The second-order valence-electron chi connectivity index (χ2n) is 6.66. The summed E-state index contributed by atoms with van der Waals surface area (Å²) < 4.78 is 14.5. The molecule has 2 saturated heterocycles. The van der Waals surface area contributed by atoms with Gasteiger partial charge in [-0.1, -0.05) is 0 Å². The van der Waals surface area contributed by atoms with E-state index in [1.165, 1.54) is 11.0 Å². The fraction of sp³-hybridized carbons (Fsp3) is 0.412. The standard InChI is InChI=1S/C17H16FN3O4/c18-12-4-11(20-5-9(6-20)8-22)3-10-7-21(17(25)15(10)12)13-1-2-14(23)19-16(13)24/h3-4,8-9,13H,1-2,5-7H2,(H,19,23,24)/t13-/m0/s1. The summed E-state index contributed by atoms with van der Waals surface area (Å²) in [6.45, 7) is 1.20. The van der Waals surface area contributed by atoms with E-state index in [0.29, 0.717) is 24.3 Å². The predicted octanol–water partition coefficient (Wildman–Crippen LogP) is 0.222. The molecular formula is C17H16FN3O4. The molecule has 130 valence electrons. The van der Waals surface area contributed by atoms with Crippen LogP contribution in [0.15, 0.2) is 12.1 Å². The van der Waals surface area contributed by atoms with Crippen molar-refractivity contribution in [1.82, 2.24) is 10.2 Å². The van der Waals surface area contributed by atoms with Crippen LogP contribution >= 0.6 is 0 Å². The van der Waals surface area contributed by atoms with Crippen molar-refractivity contribution in [3.05, 3.63) is 29.1 Å². The van der Waals surface area contributed by atoms with Gasteiger partial charge in [-0.2, -0.15) is 0 Å². The Hall–Kier alpha value is -2.77. The molecule has 0 spiro atoms. The number of hydrogen-bond acceptors (Lipinski definition) is 5. The van der Waals surface area contributed by atoms with Crippen LogP contribution in [-0.4, -0.2) is 48.0 Å². The van der Waals surface area contributed by atoms with Gasteiger partial charge in [0.2, 0.25) is 11.8 Å². The van der Waals surface area contributed by atoms with Gasteiger partial charge in [0.25, 0.3) is 5.91 Å². The number of rotatable bonds is 3. The number of nitrogens with zero attached hydrogens (tertiary/aromatic N) is 2. The molecule has 7 nitrogen and oxygen atoms in total. The maximum absolute atomic E-state index is 14.5. The van der Waals surface area contributed by atoms with Gasteiger partial charge in [0.15, 0.2) is 0 Å². The van der Waals surface area contributed by atoms with E-state index in [9.17, 15) is 23.6 Å². The van der Waals surface area contributed by atoms with Crippen LogP contribution in [0.4, 0.5) is 10.1 Å². The summed E-state index contributed by atoms with van der Waals surface area (Å²) in [6.07, 6.45) is 1.28. The van der Waals surface area contributed by atoms with Crippen LogP contribution in [0.25, 0.3) is 0 Å². The normalized spacial score (nSPS) is 23.4. The Morgan fingerprint density at radius 2 is 1.96 bits per heavy atom. The number of fused-ring (bicyclic) bond motifs is 1. The maximum Gasteiger partial charge on any atom is 0.258 e. The van der Waals surface area contributed by atoms with Crippen LogP contribution in [0, 0.1) is 11.7 Å². The van der Waals surface area contributed by atoms with Crippen molar-refractivity contribution in [1.29, 1.82) is 0 Å². The van der Waals surface area contributed by atoms with Crippen LogP contribution < -0.4 is 10.2 Å². The van der Waals surface area contributed by atoms with Crippen LogP contribution in [-0.2, 0) is 20.9 Å². The van der Waals surface area contributed by atoms with Crippen LogP contribution in [0.5, 0.6) is 0 Å². The number of piperidine rings is 1. The summed E-state index contributed by atoms with van der Waals surface area (Å²) in [5.41, 5.74) is 1.15. The molecule has 1 N–H and O–H groups in total. The van der Waals surface area contributed by atoms with E-state index in [1.807, 2.05) is 4.90 Å². The lowest BCUT2D eigenvalue weighted by atomic mass is 9.99. The average Bonchev–Trinajstić information content (AvgIpc) is 2.83. The topological polar surface area (TPSA) is 86.8 Å². The quantitative estimate of drug-likeness (QED) is 0.626. The maximum atomic E-state index is 14.5. The lowest BCUT2D eigenvalue weighted by Gasteiger charge is -2.38. The first-order chi connectivity index (χ1) is 12.0. The molecule has 25 heavy (non-hydrogen) atoms. The highest BCUT2D eigenvalue weighted by atomic mass is 19.1. The third kappa shape index (κ3) is 2.48. The molecule has 3 heterocycles. The predicted molar refractivity (Wildman–Crippen MR) is 84.2 cm³/mol. The Morgan fingerprint density at radius 1 is 1.20 bits per heavy atom. The van der Waals surface area contributed by atoms with Crippen molar-refractivity contribution in [3.63, 3.8) is 0 Å². The highest BCUT2D eigenvalue weighted by Crippen LogP contribution is 2.34. The molecule has 0 aromatic heterocycles. The molecule has 0 saturated carbocycles.